The molecule has 0 spiro atoms. The van der Waals surface area contributed by atoms with E-state index in [1.807, 2.05) is 24.5 Å². The van der Waals surface area contributed by atoms with Gasteiger partial charge in [-0.2, -0.15) is 13.2 Å². The number of furan rings is 1. The first kappa shape index (κ1) is 21.5. The van der Waals surface area contributed by atoms with Crippen molar-refractivity contribution in [3.63, 3.8) is 0 Å². The number of halogens is 4. The van der Waals surface area contributed by atoms with E-state index in [-0.39, 0.29) is 27.4 Å². The summed E-state index contributed by atoms with van der Waals surface area (Å²) in [5, 5.41) is 7.72. The fourth-order valence-electron chi connectivity index (χ4n) is 3.28. The van der Waals surface area contributed by atoms with E-state index in [1.165, 1.54) is 0 Å². The second kappa shape index (κ2) is 8.08. The Balaban J connectivity index is 1.55. The molecule has 0 aromatic carbocycles. The molecule has 0 radical (unpaired) electrons. The quantitative estimate of drug-likeness (QED) is 0.278. The predicted molar refractivity (Wildman–Crippen MR) is 110 cm³/mol. The van der Waals surface area contributed by atoms with E-state index in [9.17, 15) is 18.0 Å². The molecule has 162 valence electrons. The summed E-state index contributed by atoms with van der Waals surface area (Å²) in [4.78, 5) is 12.8. The molecule has 0 saturated heterocycles. The number of aromatic nitrogens is 4. The van der Waals surface area contributed by atoms with Gasteiger partial charge >= 0.3 is 6.18 Å². The largest absolute Gasteiger partial charge is 0.467 e. The minimum Gasteiger partial charge on any atom is -0.467 e. The summed E-state index contributed by atoms with van der Waals surface area (Å²) < 4.78 is 47.8. The number of hydrogen-bond donors (Lipinski definition) is 0. The van der Waals surface area contributed by atoms with Gasteiger partial charge in [-0.3, -0.25) is 9.20 Å². The Morgan fingerprint density at radius 2 is 2.03 bits per heavy atom. The third-order valence-corrected chi connectivity index (χ3v) is 6.08. The standard InChI is InChI=1S/C20H16ClF3N4O2S/c1-11-6-15(12(2)27(11)9-14-4-3-5-30-14)17(29)10-31-19-26-25-18-16(21)7-13(8-28(18)19)20(22,23)24/h3-8H,9-10H2,1-2H3. The summed E-state index contributed by atoms with van der Waals surface area (Å²) in [6.07, 6.45) is -2.10. The van der Waals surface area contributed by atoms with E-state index in [0.29, 0.717) is 12.1 Å². The number of hydrogen-bond acceptors (Lipinski definition) is 5. The van der Waals surface area contributed by atoms with Gasteiger partial charge in [0.2, 0.25) is 0 Å². The number of fused-ring (bicyclic) bond motifs is 1. The lowest BCUT2D eigenvalue weighted by Gasteiger charge is -2.09. The summed E-state index contributed by atoms with van der Waals surface area (Å²) in [6.45, 7) is 4.24. The number of thioether (sulfide) groups is 1. The van der Waals surface area contributed by atoms with E-state index in [4.69, 9.17) is 16.0 Å². The van der Waals surface area contributed by atoms with Crippen LogP contribution in [0.3, 0.4) is 0 Å². The van der Waals surface area contributed by atoms with Crippen LogP contribution in [0.15, 0.2) is 46.3 Å². The second-order valence-electron chi connectivity index (χ2n) is 6.91. The normalized spacial score (nSPS) is 12.1. The number of carbonyl (C=O) groups is 1. The molecule has 0 N–H and O–H groups in total. The van der Waals surface area contributed by atoms with Gasteiger partial charge in [0.1, 0.15) is 5.76 Å². The molecule has 4 heterocycles. The second-order valence-corrected chi connectivity index (χ2v) is 8.26. The van der Waals surface area contributed by atoms with Crippen LogP contribution in [0.2, 0.25) is 5.02 Å². The van der Waals surface area contributed by atoms with Gasteiger partial charge in [0, 0.05) is 23.1 Å². The maximum Gasteiger partial charge on any atom is 0.417 e. The Labute approximate surface area is 184 Å². The van der Waals surface area contributed by atoms with Gasteiger partial charge in [-0.1, -0.05) is 23.4 Å². The van der Waals surface area contributed by atoms with Crippen molar-refractivity contribution in [2.24, 2.45) is 0 Å². The van der Waals surface area contributed by atoms with Crippen LogP contribution in [0.4, 0.5) is 13.2 Å². The van der Waals surface area contributed by atoms with E-state index in [0.717, 1.165) is 45.6 Å². The predicted octanol–water partition coefficient (Wildman–Crippen LogP) is 5.44. The zero-order chi connectivity index (χ0) is 22.3. The number of carbonyl (C=O) groups excluding carboxylic acids is 1. The molecule has 11 heteroatoms. The number of rotatable bonds is 6. The highest BCUT2D eigenvalue weighted by molar-refractivity contribution is 7.99. The van der Waals surface area contributed by atoms with Gasteiger partial charge in [-0.05, 0) is 38.1 Å². The number of Topliss-reactive ketones (excluding diaryl/α,β-unsaturated/α-hetero) is 1. The molecule has 4 rings (SSSR count). The van der Waals surface area contributed by atoms with Crippen LogP contribution >= 0.6 is 23.4 Å². The summed E-state index contributed by atoms with van der Waals surface area (Å²) in [5.74, 6) is 0.584. The minimum atomic E-state index is -4.56. The van der Waals surface area contributed by atoms with Crippen LogP contribution in [0.25, 0.3) is 5.65 Å². The third-order valence-electron chi connectivity index (χ3n) is 4.86. The van der Waals surface area contributed by atoms with Crippen molar-refractivity contribution in [1.82, 2.24) is 19.2 Å². The van der Waals surface area contributed by atoms with Gasteiger partial charge in [-0.25, -0.2) is 0 Å². The van der Waals surface area contributed by atoms with E-state index in [1.54, 1.807) is 18.4 Å². The monoisotopic (exact) mass is 468 g/mol. The van der Waals surface area contributed by atoms with Crippen LogP contribution in [0, 0.1) is 13.8 Å². The van der Waals surface area contributed by atoms with E-state index >= 15 is 0 Å². The fourth-order valence-corrected chi connectivity index (χ4v) is 4.32. The SMILES string of the molecule is Cc1cc(C(=O)CSc2nnc3c(Cl)cc(C(F)(F)F)cn23)c(C)n1Cc1ccco1. The van der Waals surface area contributed by atoms with Crippen molar-refractivity contribution >= 4 is 34.8 Å². The van der Waals surface area contributed by atoms with Crippen LogP contribution in [0.1, 0.15) is 33.1 Å². The van der Waals surface area contributed by atoms with Crippen molar-refractivity contribution in [1.29, 1.82) is 0 Å². The number of aryl methyl sites for hydroxylation is 1. The molecule has 0 saturated carbocycles. The lowest BCUT2D eigenvalue weighted by molar-refractivity contribution is -0.137. The van der Waals surface area contributed by atoms with Crippen molar-refractivity contribution in [2.75, 3.05) is 5.75 Å². The lowest BCUT2D eigenvalue weighted by atomic mass is 10.2. The van der Waals surface area contributed by atoms with Gasteiger partial charge in [0.25, 0.3) is 0 Å². The maximum atomic E-state index is 13.1. The molecule has 31 heavy (non-hydrogen) atoms. The average molecular weight is 469 g/mol. The number of nitrogens with zero attached hydrogens (tertiary/aromatic N) is 4. The maximum absolute atomic E-state index is 13.1. The Kier molecular flexibility index (Phi) is 5.61. The zero-order valence-electron chi connectivity index (χ0n) is 16.4. The minimum absolute atomic E-state index is 0.0142. The molecule has 0 aliphatic carbocycles. The molecule has 0 fully saturated rings. The van der Waals surface area contributed by atoms with Crippen LogP contribution in [-0.4, -0.2) is 30.7 Å². The first-order valence-corrected chi connectivity index (χ1v) is 10.5. The summed E-state index contributed by atoms with van der Waals surface area (Å²) in [6, 6.07) is 6.25. The molecule has 4 aromatic heterocycles. The molecular weight excluding hydrogens is 453 g/mol. The first-order chi connectivity index (χ1) is 14.6. The highest BCUT2D eigenvalue weighted by atomic mass is 35.5. The summed E-state index contributed by atoms with van der Waals surface area (Å²) >= 11 is 6.93. The van der Waals surface area contributed by atoms with Crippen LogP contribution < -0.4 is 0 Å². The molecule has 4 aromatic rings. The summed E-state index contributed by atoms with van der Waals surface area (Å²) in [5.41, 5.74) is 1.41. The third kappa shape index (κ3) is 4.22. The molecular formula is C20H16ClF3N4O2S. The van der Waals surface area contributed by atoms with Crippen molar-refractivity contribution in [3.8, 4) is 0 Å². The zero-order valence-corrected chi connectivity index (χ0v) is 18.0. The fraction of sp³-hybridized carbons (Fsp3) is 0.250. The number of pyridine rings is 1. The molecule has 6 nitrogen and oxygen atoms in total. The van der Waals surface area contributed by atoms with Gasteiger partial charge < -0.3 is 8.98 Å². The lowest BCUT2D eigenvalue weighted by Crippen LogP contribution is -2.08. The van der Waals surface area contributed by atoms with Crippen LogP contribution in [0.5, 0.6) is 0 Å². The van der Waals surface area contributed by atoms with E-state index in [2.05, 4.69) is 10.2 Å². The highest BCUT2D eigenvalue weighted by Gasteiger charge is 2.32. The molecule has 0 unspecified atom stereocenters. The van der Waals surface area contributed by atoms with Crippen molar-refractivity contribution < 1.29 is 22.4 Å². The number of ketones is 1. The van der Waals surface area contributed by atoms with Gasteiger partial charge in [-0.15, -0.1) is 10.2 Å². The Morgan fingerprint density at radius 3 is 2.71 bits per heavy atom. The first-order valence-electron chi connectivity index (χ1n) is 9.11. The van der Waals surface area contributed by atoms with Crippen LogP contribution in [-0.2, 0) is 12.7 Å². The van der Waals surface area contributed by atoms with Crippen molar-refractivity contribution in [2.45, 2.75) is 31.7 Å². The highest BCUT2D eigenvalue weighted by Crippen LogP contribution is 2.33. The molecule has 0 bridgehead atoms. The molecule has 0 aliphatic rings. The molecule has 0 aliphatic heterocycles. The van der Waals surface area contributed by atoms with E-state index < -0.39 is 11.7 Å². The van der Waals surface area contributed by atoms with Gasteiger partial charge in [0.05, 0.1) is 29.1 Å². The molecule has 0 amide bonds. The number of alkyl halides is 3. The Morgan fingerprint density at radius 1 is 1.26 bits per heavy atom. The Bertz CT molecular complexity index is 1260. The topological polar surface area (TPSA) is 65.3 Å². The summed E-state index contributed by atoms with van der Waals surface area (Å²) in [7, 11) is 0. The van der Waals surface area contributed by atoms with Crippen molar-refractivity contribution in [3.05, 3.63) is 70.0 Å². The molecule has 0 atom stereocenters. The Hall–Kier alpha value is -2.72. The average Bonchev–Trinajstić information content (AvgIpc) is 3.42. The smallest absolute Gasteiger partial charge is 0.417 e. The van der Waals surface area contributed by atoms with Gasteiger partial charge in [0.15, 0.2) is 16.6 Å².